The fraction of sp³-hybridized carbons (Fsp3) is 0.333. The molecule has 2 aliphatic carbocycles. The molecule has 1 saturated heterocycles. The number of hydrogen-bond donors (Lipinski definition) is 1. The molecule has 2 bridgehead atoms. The quantitative estimate of drug-likeness (QED) is 0.801. The van der Waals surface area contributed by atoms with Crippen molar-refractivity contribution in [1.82, 2.24) is 0 Å². The summed E-state index contributed by atoms with van der Waals surface area (Å²) >= 11 is 6.10. The van der Waals surface area contributed by atoms with Crippen molar-refractivity contribution in [3.05, 3.63) is 53.6 Å². The molecule has 27 heavy (non-hydrogen) atoms. The Hall–Kier alpha value is -2.53. The molecule has 1 heterocycles. The number of fused-ring (bicyclic) bond motifs is 1. The molecule has 5 rings (SSSR count). The Labute approximate surface area is 161 Å². The smallest absolute Gasteiger partial charge is 0.310 e. The highest BCUT2D eigenvalue weighted by Crippen LogP contribution is 2.57. The molecule has 0 radical (unpaired) electrons. The summed E-state index contributed by atoms with van der Waals surface area (Å²) in [5.74, 6) is 0.842. The van der Waals surface area contributed by atoms with Crippen LogP contribution >= 0.6 is 11.6 Å². The first-order chi connectivity index (χ1) is 13.1. The summed E-state index contributed by atoms with van der Waals surface area (Å²) in [5.41, 5.74) is 0.678. The predicted molar refractivity (Wildman–Crippen MR) is 99.7 cm³/mol. The van der Waals surface area contributed by atoms with Crippen molar-refractivity contribution in [2.45, 2.75) is 18.9 Å². The lowest BCUT2D eigenvalue weighted by Gasteiger charge is -2.23. The lowest BCUT2D eigenvalue weighted by molar-refractivity contribution is -0.145. The van der Waals surface area contributed by atoms with Crippen LogP contribution in [0, 0.1) is 23.7 Å². The summed E-state index contributed by atoms with van der Waals surface area (Å²) in [6, 6.07) is 14.4. The van der Waals surface area contributed by atoms with E-state index in [-0.39, 0.29) is 41.7 Å². The molecule has 0 spiro atoms. The molecule has 5 nitrogen and oxygen atoms in total. The average molecular weight is 384 g/mol. The van der Waals surface area contributed by atoms with E-state index in [1.54, 1.807) is 36.4 Å². The summed E-state index contributed by atoms with van der Waals surface area (Å²) in [6.45, 7) is 0. The monoisotopic (exact) mass is 383 g/mol. The first-order valence-corrected chi connectivity index (χ1v) is 9.52. The van der Waals surface area contributed by atoms with Gasteiger partial charge in [-0.05, 0) is 55.2 Å². The minimum Gasteiger partial charge on any atom is -0.462 e. The van der Waals surface area contributed by atoms with E-state index in [4.69, 9.17) is 21.1 Å². The van der Waals surface area contributed by atoms with Crippen molar-refractivity contribution in [2.75, 3.05) is 5.32 Å². The zero-order valence-corrected chi connectivity index (χ0v) is 15.2. The highest BCUT2D eigenvalue weighted by atomic mass is 35.5. The Kier molecular flexibility index (Phi) is 3.86. The Balaban J connectivity index is 1.27. The van der Waals surface area contributed by atoms with Crippen LogP contribution in [0.1, 0.15) is 12.8 Å². The molecular formula is C21H18ClNO4. The van der Waals surface area contributed by atoms with Gasteiger partial charge in [0.25, 0.3) is 0 Å². The van der Waals surface area contributed by atoms with Gasteiger partial charge in [-0.3, -0.25) is 9.59 Å². The Morgan fingerprint density at radius 3 is 2.67 bits per heavy atom. The van der Waals surface area contributed by atoms with Gasteiger partial charge >= 0.3 is 5.97 Å². The van der Waals surface area contributed by atoms with Gasteiger partial charge in [-0.1, -0.05) is 23.7 Å². The third kappa shape index (κ3) is 2.77. The number of carbonyl (C=O) groups excluding carboxylic acids is 2. The van der Waals surface area contributed by atoms with E-state index in [0.717, 1.165) is 12.8 Å². The molecule has 5 atom stereocenters. The molecule has 3 fully saturated rings. The summed E-state index contributed by atoms with van der Waals surface area (Å²) in [6.07, 6.45) is 1.78. The van der Waals surface area contributed by atoms with Gasteiger partial charge in [-0.2, -0.15) is 0 Å². The van der Waals surface area contributed by atoms with Gasteiger partial charge < -0.3 is 14.8 Å². The Bertz CT molecular complexity index is 911. The van der Waals surface area contributed by atoms with Crippen LogP contribution in [0.5, 0.6) is 11.5 Å². The number of amides is 1. The van der Waals surface area contributed by atoms with Gasteiger partial charge in [0.05, 0.1) is 16.9 Å². The molecule has 3 aliphatic rings. The fourth-order valence-electron chi connectivity index (χ4n) is 4.85. The average Bonchev–Trinajstić information content (AvgIpc) is 3.27. The number of esters is 1. The SMILES string of the molecule is O=C(Nc1ccc(Oc2ccccc2Cl)cc1)[C@@H]1[C@@H]2C[C@H]3[C@@H]1C(=O)O[C@@H]3C2. The number of halogens is 1. The summed E-state index contributed by atoms with van der Waals surface area (Å²) < 4.78 is 11.2. The van der Waals surface area contributed by atoms with E-state index >= 15 is 0 Å². The molecule has 138 valence electrons. The van der Waals surface area contributed by atoms with Crippen LogP contribution in [0.3, 0.4) is 0 Å². The lowest BCUT2D eigenvalue weighted by atomic mass is 9.79. The lowest BCUT2D eigenvalue weighted by Crippen LogP contribution is -2.35. The number of benzene rings is 2. The summed E-state index contributed by atoms with van der Waals surface area (Å²) in [5, 5.41) is 3.48. The number of carbonyl (C=O) groups is 2. The zero-order valence-electron chi connectivity index (χ0n) is 14.4. The molecule has 0 unspecified atom stereocenters. The van der Waals surface area contributed by atoms with Gasteiger partial charge in [-0.25, -0.2) is 0 Å². The number of nitrogens with one attached hydrogen (secondary N) is 1. The normalized spacial score (nSPS) is 30.3. The van der Waals surface area contributed by atoms with E-state index in [1.165, 1.54) is 0 Å². The second-order valence-electron chi connectivity index (χ2n) is 7.47. The second-order valence-corrected chi connectivity index (χ2v) is 7.88. The number of hydrogen-bond acceptors (Lipinski definition) is 4. The highest BCUT2D eigenvalue weighted by Gasteiger charge is 2.63. The Morgan fingerprint density at radius 2 is 1.89 bits per heavy atom. The highest BCUT2D eigenvalue weighted by molar-refractivity contribution is 6.32. The van der Waals surface area contributed by atoms with Gasteiger partial charge in [0.2, 0.25) is 5.91 Å². The fourth-order valence-corrected chi connectivity index (χ4v) is 5.02. The summed E-state index contributed by atoms with van der Waals surface area (Å²) in [7, 11) is 0. The number of anilines is 1. The van der Waals surface area contributed by atoms with Crippen LogP contribution in [-0.4, -0.2) is 18.0 Å². The molecule has 2 aromatic carbocycles. The third-order valence-corrected chi connectivity index (χ3v) is 6.28. The number of ether oxygens (including phenoxy) is 2. The van der Waals surface area contributed by atoms with Crippen molar-refractivity contribution in [2.24, 2.45) is 23.7 Å². The minimum absolute atomic E-state index is 0.0396. The first kappa shape index (κ1) is 16.6. The van der Waals surface area contributed by atoms with E-state index in [1.807, 2.05) is 12.1 Å². The van der Waals surface area contributed by atoms with Crippen LogP contribution in [-0.2, 0) is 14.3 Å². The van der Waals surface area contributed by atoms with Crippen LogP contribution in [0.25, 0.3) is 0 Å². The van der Waals surface area contributed by atoms with E-state index in [0.29, 0.717) is 22.2 Å². The Morgan fingerprint density at radius 1 is 1.11 bits per heavy atom. The third-order valence-electron chi connectivity index (χ3n) is 5.97. The first-order valence-electron chi connectivity index (χ1n) is 9.14. The predicted octanol–water partition coefficient (Wildman–Crippen LogP) is 4.27. The van der Waals surface area contributed by atoms with Crippen LogP contribution in [0.15, 0.2) is 48.5 Å². The molecule has 0 aromatic heterocycles. The van der Waals surface area contributed by atoms with E-state index in [9.17, 15) is 9.59 Å². The van der Waals surface area contributed by atoms with Gasteiger partial charge in [0.1, 0.15) is 17.6 Å². The molecule has 6 heteroatoms. The number of rotatable bonds is 4. The maximum atomic E-state index is 12.8. The van der Waals surface area contributed by atoms with Crippen molar-refractivity contribution < 1.29 is 19.1 Å². The van der Waals surface area contributed by atoms with Crippen molar-refractivity contribution >= 4 is 29.2 Å². The minimum atomic E-state index is -0.277. The van der Waals surface area contributed by atoms with E-state index < -0.39 is 0 Å². The van der Waals surface area contributed by atoms with Gasteiger partial charge in [0.15, 0.2) is 0 Å². The molecule has 1 aliphatic heterocycles. The second kappa shape index (κ2) is 6.27. The van der Waals surface area contributed by atoms with Crippen molar-refractivity contribution in [3.8, 4) is 11.5 Å². The van der Waals surface area contributed by atoms with Gasteiger partial charge in [0, 0.05) is 11.6 Å². The maximum Gasteiger partial charge on any atom is 0.310 e. The summed E-state index contributed by atoms with van der Waals surface area (Å²) in [4.78, 5) is 24.9. The van der Waals surface area contributed by atoms with Crippen molar-refractivity contribution in [1.29, 1.82) is 0 Å². The molecular weight excluding hydrogens is 366 g/mol. The molecule has 2 aromatic rings. The molecule has 1 N–H and O–H groups in total. The van der Waals surface area contributed by atoms with E-state index in [2.05, 4.69) is 5.32 Å². The molecule has 1 amide bonds. The van der Waals surface area contributed by atoms with Crippen LogP contribution in [0.2, 0.25) is 5.02 Å². The van der Waals surface area contributed by atoms with Crippen LogP contribution in [0.4, 0.5) is 5.69 Å². The number of para-hydroxylation sites is 1. The topological polar surface area (TPSA) is 64.6 Å². The maximum absolute atomic E-state index is 12.8. The van der Waals surface area contributed by atoms with Gasteiger partial charge in [-0.15, -0.1) is 0 Å². The molecule has 2 saturated carbocycles. The largest absolute Gasteiger partial charge is 0.462 e. The zero-order chi connectivity index (χ0) is 18.5. The van der Waals surface area contributed by atoms with Crippen LogP contribution < -0.4 is 10.1 Å². The standard InChI is InChI=1S/C21H18ClNO4/c22-15-3-1-2-4-16(15)26-13-7-5-12(6-8-13)23-20(24)18-11-9-14-17(10-11)27-21(25)19(14)18/h1-8,11,14,17-19H,9-10H2,(H,23,24)/t11-,14-,17-,18-,19+/m1/s1. The van der Waals surface area contributed by atoms with Crippen molar-refractivity contribution in [3.63, 3.8) is 0 Å².